The van der Waals surface area contributed by atoms with Crippen molar-refractivity contribution in [3.05, 3.63) is 71.0 Å². The summed E-state index contributed by atoms with van der Waals surface area (Å²) >= 11 is 0. The third-order valence-corrected chi connectivity index (χ3v) is 3.98. The number of fused-ring (bicyclic) bond motifs is 1. The molecule has 0 spiro atoms. The molecule has 0 fully saturated rings. The summed E-state index contributed by atoms with van der Waals surface area (Å²) < 4.78 is 37.3. The van der Waals surface area contributed by atoms with E-state index in [1.165, 1.54) is 13.2 Å². The van der Waals surface area contributed by atoms with E-state index in [1.807, 2.05) is 18.2 Å². The first kappa shape index (κ1) is 17.1. The Labute approximate surface area is 143 Å². The minimum absolute atomic E-state index is 0.150. The third-order valence-electron chi connectivity index (χ3n) is 3.98. The number of rotatable bonds is 5. The van der Waals surface area contributed by atoms with Crippen LogP contribution in [0.1, 0.15) is 34.6 Å². The van der Waals surface area contributed by atoms with Gasteiger partial charge >= 0.3 is 0 Å². The summed E-state index contributed by atoms with van der Waals surface area (Å²) in [6.07, 6.45) is 0. The van der Waals surface area contributed by atoms with Gasteiger partial charge in [0, 0.05) is 18.1 Å². The minimum Gasteiger partial charge on any atom is -0.451 e. The van der Waals surface area contributed by atoms with E-state index in [9.17, 15) is 13.6 Å². The highest BCUT2D eigenvalue weighted by atomic mass is 19.2. The number of carbonyl (C=O) groups excluding carboxylic acids is 1. The normalized spacial score (nSPS) is 12.3. The Morgan fingerprint density at radius 3 is 2.68 bits per heavy atom. The van der Waals surface area contributed by atoms with Crippen molar-refractivity contribution in [2.45, 2.75) is 19.6 Å². The Bertz CT molecular complexity index is 920. The molecule has 2 aromatic carbocycles. The molecule has 130 valence electrons. The summed E-state index contributed by atoms with van der Waals surface area (Å²) in [5.74, 6) is -2.18. The highest BCUT2D eigenvalue weighted by Gasteiger charge is 2.22. The summed E-state index contributed by atoms with van der Waals surface area (Å²) in [4.78, 5) is 12.6. The van der Waals surface area contributed by atoms with E-state index in [0.29, 0.717) is 16.7 Å². The smallest absolute Gasteiger partial charge is 0.287 e. The fourth-order valence-electron chi connectivity index (χ4n) is 2.70. The molecule has 1 atom stereocenters. The number of hydrogen-bond donors (Lipinski definition) is 1. The molecular formula is C19H17F2NO3. The summed E-state index contributed by atoms with van der Waals surface area (Å²) in [7, 11) is 1.54. The highest BCUT2D eigenvalue weighted by molar-refractivity contribution is 5.99. The second-order valence-corrected chi connectivity index (χ2v) is 5.71. The lowest BCUT2D eigenvalue weighted by Crippen LogP contribution is -2.27. The Balaban J connectivity index is 1.88. The summed E-state index contributed by atoms with van der Waals surface area (Å²) in [5.41, 5.74) is 1.69. The topological polar surface area (TPSA) is 51.5 Å². The van der Waals surface area contributed by atoms with Crippen molar-refractivity contribution in [1.82, 2.24) is 5.32 Å². The average Bonchev–Trinajstić information content (AvgIpc) is 2.96. The third kappa shape index (κ3) is 3.39. The van der Waals surface area contributed by atoms with Gasteiger partial charge in [0.1, 0.15) is 5.58 Å². The van der Waals surface area contributed by atoms with Gasteiger partial charge in [-0.05, 0) is 30.7 Å². The molecule has 4 nitrogen and oxygen atoms in total. The van der Waals surface area contributed by atoms with Gasteiger partial charge in [0.25, 0.3) is 5.91 Å². The molecule has 1 amide bonds. The van der Waals surface area contributed by atoms with E-state index >= 15 is 0 Å². The number of benzene rings is 2. The van der Waals surface area contributed by atoms with Crippen LogP contribution in [0.4, 0.5) is 8.78 Å². The lowest BCUT2D eigenvalue weighted by Gasteiger charge is -2.14. The molecule has 25 heavy (non-hydrogen) atoms. The molecule has 1 heterocycles. The molecule has 3 aromatic rings. The molecule has 6 heteroatoms. The fourth-order valence-corrected chi connectivity index (χ4v) is 2.70. The van der Waals surface area contributed by atoms with Gasteiger partial charge in [0.05, 0.1) is 12.6 Å². The lowest BCUT2D eigenvalue weighted by molar-refractivity contribution is 0.0907. The zero-order valence-corrected chi connectivity index (χ0v) is 13.8. The predicted octanol–water partition coefficient (Wildman–Crippen LogP) is 4.35. The molecule has 0 aliphatic rings. The molecule has 0 aliphatic carbocycles. The van der Waals surface area contributed by atoms with Gasteiger partial charge in [0.2, 0.25) is 0 Å². The maximum atomic E-state index is 13.4. The number of ether oxygens (including phenoxy) is 1. The van der Waals surface area contributed by atoms with Crippen molar-refractivity contribution in [3.63, 3.8) is 0 Å². The van der Waals surface area contributed by atoms with Crippen LogP contribution in [-0.2, 0) is 11.3 Å². The SMILES string of the molecule is COCc1c(C(=O)NC(C)c2ccc(F)c(F)c2)oc2ccccc12. The van der Waals surface area contributed by atoms with Crippen LogP contribution >= 0.6 is 0 Å². The van der Waals surface area contributed by atoms with Gasteiger partial charge in [0.15, 0.2) is 17.4 Å². The van der Waals surface area contributed by atoms with Crippen LogP contribution in [0.25, 0.3) is 11.0 Å². The van der Waals surface area contributed by atoms with Gasteiger partial charge in [-0.1, -0.05) is 24.3 Å². The molecule has 0 saturated carbocycles. The highest BCUT2D eigenvalue weighted by Crippen LogP contribution is 2.27. The van der Waals surface area contributed by atoms with Crippen LogP contribution in [0, 0.1) is 11.6 Å². The maximum absolute atomic E-state index is 13.4. The predicted molar refractivity (Wildman–Crippen MR) is 89.2 cm³/mol. The molecule has 0 radical (unpaired) electrons. The molecule has 0 aliphatic heterocycles. The Morgan fingerprint density at radius 1 is 1.20 bits per heavy atom. The van der Waals surface area contributed by atoms with Crippen LogP contribution < -0.4 is 5.32 Å². The van der Waals surface area contributed by atoms with Crippen LogP contribution in [0.5, 0.6) is 0 Å². The van der Waals surface area contributed by atoms with E-state index < -0.39 is 23.6 Å². The Morgan fingerprint density at radius 2 is 1.96 bits per heavy atom. The van der Waals surface area contributed by atoms with Gasteiger partial charge < -0.3 is 14.5 Å². The zero-order chi connectivity index (χ0) is 18.0. The fraction of sp³-hybridized carbons (Fsp3) is 0.211. The molecule has 1 aromatic heterocycles. The number of carbonyl (C=O) groups is 1. The summed E-state index contributed by atoms with van der Waals surface area (Å²) in [6.45, 7) is 1.91. The largest absolute Gasteiger partial charge is 0.451 e. The van der Waals surface area contributed by atoms with Crippen molar-refractivity contribution in [3.8, 4) is 0 Å². The van der Waals surface area contributed by atoms with Crippen LogP contribution in [-0.4, -0.2) is 13.0 Å². The van der Waals surface area contributed by atoms with Crippen molar-refractivity contribution in [1.29, 1.82) is 0 Å². The molecule has 0 saturated heterocycles. The average molecular weight is 345 g/mol. The van der Waals surface area contributed by atoms with Crippen molar-refractivity contribution < 1.29 is 22.7 Å². The lowest BCUT2D eigenvalue weighted by atomic mass is 10.1. The van der Waals surface area contributed by atoms with E-state index in [-0.39, 0.29) is 12.4 Å². The summed E-state index contributed by atoms with van der Waals surface area (Å²) in [6, 6.07) is 10.3. The molecule has 0 bridgehead atoms. The number of nitrogens with one attached hydrogen (secondary N) is 1. The second-order valence-electron chi connectivity index (χ2n) is 5.71. The number of para-hydroxylation sites is 1. The first-order valence-corrected chi connectivity index (χ1v) is 7.76. The van der Waals surface area contributed by atoms with Gasteiger partial charge in [-0.15, -0.1) is 0 Å². The first-order valence-electron chi connectivity index (χ1n) is 7.76. The summed E-state index contributed by atoms with van der Waals surface area (Å²) in [5, 5.41) is 3.54. The monoisotopic (exact) mass is 345 g/mol. The number of furan rings is 1. The zero-order valence-electron chi connectivity index (χ0n) is 13.8. The number of amides is 1. The van der Waals surface area contributed by atoms with E-state index in [2.05, 4.69) is 5.32 Å². The molecule has 1 unspecified atom stereocenters. The van der Waals surface area contributed by atoms with Gasteiger partial charge in [-0.3, -0.25) is 4.79 Å². The first-order chi connectivity index (χ1) is 12.0. The Kier molecular flexibility index (Phi) is 4.81. The molecule has 3 rings (SSSR count). The number of methoxy groups -OCH3 is 1. The van der Waals surface area contributed by atoms with Crippen molar-refractivity contribution in [2.24, 2.45) is 0 Å². The molecular weight excluding hydrogens is 328 g/mol. The van der Waals surface area contributed by atoms with Crippen LogP contribution in [0.3, 0.4) is 0 Å². The van der Waals surface area contributed by atoms with Gasteiger partial charge in [-0.25, -0.2) is 8.78 Å². The van der Waals surface area contributed by atoms with E-state index in [4.69, 9.17) is 9.15 Å². The maximum Gasteiger partial charge on any atom is 0.287 e. The van der Waals surface area contributed by atoms with Gasteiger partial charge in [-0.2, -0.15) is 0 Å². The quantitative estimate of drug-likeness (QED) is 0.748. The number of halogens is 2. The molecule has 1 N–H and O–H groups in total. The second kappa shape index (κ2) is 7.03. The van der Waals surface area contributed by atoms with E-state index in [0.717, 1.165) is 17.5 Å². The van der Waals surface area contributed by atoms with Crippen LogP contribution in [0.15, 0.2) is 46.9 Å². The van der Waals surface area contributed by atoms with Crippen molar-refractivity contribution in [2.75, 3.05) is 7.11 Å². The van der Waals surface area contributed by atoms with E-state index in [1.54, 1.807) is 13.0 Å². The minimum atomic E-state index is -0.956. The Hall–Kier alpha value is -2.73. The van der Waals surface area contributed by atoms with Crippen molar-refractivity contribution >= 4 is 16.9 Å². The standard InChI is InChI=1S/C19H17F2NO3/c1-11(12-7-8-15(20)16(21)9-12)22-19(23)18-14(10-24-2)13-5-3-4-6-17(13)25-18/h3-9,11H,10H2,1-2H3,(H,22,23). The van der Waals surface area contributed by atoms with Crippen LogP contribution in [0.2, 0.25) is 0 Å². The number of hydrogen-bond acceptors (Lipinski definition) is 3.